The molecule has 0 saturated carbocycles. The summed E-state index contributed by atoms with van der Waals surface area (Å²) in [6, 6.07) is 8.14. The predicted octanol–water partition coefficient (Wildman–Crippen LogP) is -1.61. The van der Waals surface area contributed by atoms with Crippen molar-refractivity contribution in [3.63, 3.8) is 0 Å². The molecule has 2 N–H and O–H groups in total. The molecule has 1 aromatic heterocycles. The monoisotopic (exact) mass is 210 g/mol. The summed E-state index contributed by atoms with van der Waals surface area (Å²) in [7, 11) is 0. The molecule has 0 amide bonds. The summed E-state index contributed by atoms with van der Waals surface area (Å²) in [5.74, 6) is 0. The van der Waals surface area contributed by atoms with Crippen molar-refractivity contribution in [3.05, 3.63) is 30.6 Å². The second-order valence-corrected chi connectivity index (χ2v) is 3.07. The third-order valence-corrected chi connectivity index (χ3v) is 2.13. The zero-order valence-electron chi connectivity index (χ0n) is 7.86. The van der Waals surface area contributed by atoms with Crippen LogP contribution < -0.4 is 18.1 Å². The van der Waals surface area contributed by atoms with Crippen LogP contribution in [0.1, 0.15) is 6.42 Å². The van der Waals surface area contributed by atoms with E-state index in [1.54, 1.807) is 0 Å². The van der Waals surface area contributed by atoms with Gasteiger partial charge in [-0.05, 0) is 25.1 Å². The fraction of sp³-hybridized carbons (Fsp3) is 0.300. The van der Waals surface area contributed by atoms with Gasteiger partial charge in [-0.25, -0.2) is 4.98 Å². The molecule has 76 valence electrons. The maximum Gasteiger partial charge on any atom is 0.0958 e. The zero-order chi connectivity index (χ0) is 9.10. The molecule has 0 unspecified atom stereocenters. The Bertz CT molecular complexity index is 397. The minimum Gasteiger partial charge on any atom is -1.00 e. The number of aryl methyl sites for hydroxylation is 1. The average molecular weight is 211 g/mol. The van der Waals surface area contributed by atoms with Crippen LogP contribution in [-0.2, 0) is 6.54 Å². The number of fused-ring (bicyclic) bond motifs is 1. The third kappa shape index (κ3) is 2.05. The lowest BCUT2D eigenvalue weighted by molar-refractivity contribution is -0.00000280. The molecular formula is C10H13ClN3-. The molecule has 0 spiro atoms. The van der Waals surface area contributed by atoms with Gasteiger partial charge in [0, 0.05) is 6.54 Å². The van der Waals surface area contributed by atoms with Crippen LogP contribution in [0.15, 0.2) is 30.6 Å². The molecule has 0 atom stereocenters. The summed E-state index contributed by atoms with van der Waals surface area (Å²) < 4.78 is 2.14. The Balaban J connectivity index is 0.000000980. The highest BCUT2D eigenvalue weighted by Crippen LogP contribution is 2.11. The van der Waals surface area contributed by atoms with Crippen molar-refractivity contribution in [2.24, 2.45) is 5.73 Å². The smallest absolute Gasteiger partial charge is 0.0958 e. The van der Waals surface area contributed by atoms with Gasteiger partial charge in [0.1, 0.15) is 0 Å². The lowest BCUT2D eigenvalue weighted by Gasteiger charge is -2.01. The second-order valence-electron chi connectivity index (χ2n) is 3.07. The molecule has 0 aliphatic heterocycles. The van der Waals surface area contributed by atoms with Gasteiger partial charge in [0.25, 0.3) is 0 Å². The first-order valence-corrected chi connectivity index (χ1v) is 4.52. The minimum absolute atomic E-state index is 0. The van der Waals surface area contributed by atoms with E-state index >= 15 is 0 Å². The van der Waals surface area contributed by atoms with Gasteiger partial charge in [-0.3, -0.25) is 0 Å². The Morgan fingerprint density at radius 3 is 2.86 bits per heavy atom. The first-order valence-electron chi connectivity index (χ1n) is 4.52. The van der Waals surface area contributed by atoms with E-state index in [0.717, 1.165) is 25.0 Å². The van der Waals surface area contributed by atoms with Crippen LogP contribution in [0.4, 0.5) is 0 Å². The molecule has 0 aliphatic rings. The molecule has 0 fully saturated rings. The summed E-state index contributed by atoms with van der Waals surface area (Å²) in [4.78, 5) is 4.29. The quantitative estimate of drug-likeness (QED) is 0.663. The van der Waals surface area contributed by atoms with E-state index in [2.05, 4.69) is 15.6 Å². The van der Waals surface area contributed by atoms with Gasteiger partial charge in [-0.15, -0.1) is 0 Å². The number of nitrogens with two attached hydrogens (primary N) is 1. The lowest BCUT2D eigenvalue weighted by Crippen LogP contribution is -3.00. The van der Waals surface area contributed by atoms with Gasteiger partial charge in [-0.1, -0.05) is 12.1 Å². The average Bonchev–Trinajstić information content (AvgIpc) is 2.58. The van der Waals surface area contributed by atoms with Gasteiger partial charge >= 0.3 is 0 Å². The molecule has 0 aliphatic carbocycles. The second kappa shape index (κ2) is 4.98. The molecular weight excluding hydrogens is 198 g/mol. The van der Waals surface area contributed by atoms with Crippen LogP contribution in [0, 0.1) is 0 Å². The summed E-state index contributed by atoms with van der Waals surface area (Å²) in [5, 5.41) is 0. The van der Waals surface area contributed by atoms with E-state index < -0.39 is 0 Å². The van der Waals surface area contributed by atoms with Gasteiger partial charge < -0.3 is 22.7 Å². The molecule has 2 rings (SSSR count). The molecule has 0 bridgehead atoms. The lowest BCUT2D eigenvalue weighted by atomic mass is 10.3. The van der Waals surface area contributed by atoms with E-state index in [1.807, 2.05) is 24.5 Å². The van der Waals surface area contributed by atoms with Gasteiger partial charge in [0.2, 0.25) is 0 Å². The van der Waals surface area contributed by atoms with E-state index in [9.17, 15) is 0 Å². The molecule has 1 aromatic carbocycles. The molecule has 4 heteroatoms. The van der Waals surface area contributed by atoms with E-state index in [1.165, 1.54) is 5.52 Å². The highest BCUT2D eigenvalue weighted by Gasteiger charge is 1.99. The minimum atomic E-state index is 0. The van der Waals surface area contributed by atoms with Crippen LogP contribution >= 0.6 is 0 Å². The highest BCUT2D eigenvalue weighted by molar-refractivity contribution is 5.74. The Kier molecular flexibility index (Phi) is 3.92. The number of benzene rings is 1. The molecule has 0 radical (unpaired) electrons. The Morgan fingerprint density at radius 1 is 1.29 bits per heavy atom. The van der Waals surface area contributed by atoms with Crippen molar-refractivity contribution < 1.29 is 12.4 Å². The van der Waals surface area contributed by atoms with Crippen molar-refractivity contribution in [3.8, 4) is 0 Å². The normalized spacial score (nSPS) is 10.1. The summed E-state index contributed by atoms with van der Waals surface area (Å²) >= 11 is 0. The molecule has 1 heterocycles. The summed E-state index contributed by atoms with van der Waals surface area (Å²) in [5.41, 5.74) is 7.70. The zero-order valence-corrected chi connectivity index (χ0v) is 8.61. The van der Waals surface area contributed by atoms with Crippen LogP contribution in [0.2, 0.25) is 0 Å². The third-order valence-electron chi connectivity index (χ3n) is 2.13. The van der Waals surface area contributed by atoms with Crippen LogP contribution in [0.5, 0.6) is 0 Å². The van der Waals surface area contributed by atoms with Crippen molar-refractivity contribution >= 4 is 11.0 Å². The number of hydrogen-bond donors (Lipinski definition) is 1. The molecule has 3 nitrogen and oxygen atoms in total. The number of para-hydroxylation sites is 2. The van der Waals surface area contributed by atoms with E-state index in [-0.39, 0.29) is 12.4 Å². The van der Waals surface area contributed by atoms with E-state index in [4.69, 9.17) is 5.73 Å². The number of rotatable bonds is 3. The largest absolute Gasteiger partial charge is 1.00 e. The summed E-state index contributed by atoms with van der Waals surface area (Å²) in [6.07, 6.45) is 2.88. The van der Waals surface area contributed by atoms with E-state index in [0.29, 0.717) is 0 Å². The van der Waals surface area contributed by atoms with Gasteiger partial charge in [0.05, 0.1) is 17.4 Å². The SMILES string of the molecule is NCCCn1cnc2ccccc21.[Cl-]. The molecule has 0 saturated heterocycles. The van der Waals surface area contributed by atoms with Gasteiger partial charge in [-0.2, -0.15) is 0 Å². The fourth-order valence-electron chi connectivity index (χ4n) is 1.45. The van der Waals surface area contributed by atoms with Crippen molar-refractivity contribution in [1.29, 1.82) is 0 Å². The topological polar surface area (TPSA) is 43.8 Å². The standard InChI is InChI=1S/C10H13N3.ClH/c11-6-3-7-13-8-12-9-4-1-2-5-10(9)13;/h1-2,4-5,8H,3,6-7,11H2;1H/p-1. The number of hydrogen-bond acceptors (Lipinski definition) is 2. The maximum atomic E-state index is 5.46. The molecule has 2 aromatic rings. The Hall–Kier alpha value is -1.06. The Labute approximate surface area is 89.3 Å². The van der Waals surface area contributed by atoms with Gasteiger partial charge in [0.15, 0.2) is 0 Å². The molecule has 14 heavy (non-hydrogen) atoms. The first-order chi connectivity index (χ1) is 6.42. The highest BCUT2D eigenvalue weighted by atomic mass is 35.5. The Morgan fingerprint density at radius 2 is 2.07 bits per heavy atom. The maximum absolute atomic E-state index is 5.46. The number of aromatic nitrogens is 2. The first kappa shape index (κ1) is 11.0. The van der Waals surface area contributed by atoms with Crippen LogP contribution in [0.25, 0.3) is 11.0 Å². The number of nitrogens with zero attached hydrogens (tertiary/aromatic N) is 2. The summed E-state index contributed by atoms with van der Waals surface area (Å²) in [6.45, 7) is 1.68. The van der Waals surface area contributed by atoms with Crippen molar-refractivity contribution in [2.45, 2.75) is 13.0 Å². The van der Waals surface area contributed by atoms with Crippen LogP contribution in [0.3, 0.4) is 0 Å². The predicted molar refractivity (Wildman–Crippen MR) is 53.4 cm³/mol. The fourth-order valence-corrected chi connectivity index (χ4v) is 1.45. The van der Waals surface area contributed by atoms with Crippen molar-refractivity contribution in [1.82, 2.24) is 9.55 Å². The number of imidazole rings is 1. The van der Waals surface area contributed by atoms with Crippen LogP contribution in [-0.4, -0.2) is 16.1 Å². The van der Waals surface area contributed by atoms with Crippen molar-refractivity contribution in [2.75, 3.05) is 6.54 Å². The number of halogens is 1.